The number of carbonyl (C=O) groups excluding carboxylic acids is 2. The molecule has 0 radical (unpaired) electrons. The molecule has 166 valence electrons. The fourth-order valence-electron chi connectivity index (χ4n) is 4.19. The maximum absolute atomic E-state index is 13.5. The normalized spacial score (nSPS) is 15.7. The number of hydrogen-bond donors (Lipinski definition) is 1. The number of ether oxygens (including phenoxy) is 1. The van der Waals surface area contributed by atoms with Gasteiger partial charge >= 0.3 is 6.09 Å². The van der Waals surface area contributed by atoms with Crippen LogP contribution in [0.15, 0.2) is 71.1 Å². The smallest absolute Gasteiger partial charge is 0.414 e. The van der Waals surface area contributed by atoms with Crippen LogP contribution in [0.5, 0.6) is 0 Å². The van der Waals surface area contributed by atoms with Gasteiger partial charge in [0.2, 0.25) is 0 Å². The largest absolute Gasteiger partial charge is 0.455 e. The third kappa shape index (κ3) is 3.51. The molecule has 1 saturated heterocycles. The van der Waals surface area contributed by atoms with Crippen molar-refractivity contribution in [2.45, 2.75) is 13.0 Å². The fourth-order valence-corrected chi connectivity index (χ4v) is 4.19. The van der Waals surface area contributed by atoms with Gasteiger partial charge in [0.1, 0.15) is 23.8 Å². The molecule has 4 aromatic rings. The van der Waals surface area contributed by atoms with Crippen molar-refractivity contribution in [3.05, 3.63) is 78.1 Å². The van der Waals surface area contributed by atoms with E-state index in [1.807, 2.05) is 43.3 Å². The highest BCUT2D eigenvalue weighted by molar-refractivity contribution is 6.13. The van der Waals surface area contributed by atoms with Crippen molar-refractivity contribution in [3.63, 3.8) is 0 Å². The standard InChI is InChI=1S/C26H21FN2O4/c1-15-14-32-26(31)29(15)21-13-22-20(12-19(21)16-6-4-3-5-7-16)23(25(30)28-2)24(33-22)17-8-10-18(27)11-9-17/h3-13,15H,14H2,1-2H3,(H,28,30)/t15-/m0/s1. The second-order valence-electron chi connectivity index (χ2n) is 7.92. The van der Waals surface area contributed by atoms with Crippen LogP contribution in [0.4, 0.5) is 14.9 Å². The number of furan rings is 1. The van der Waals surface area contributed by atoms with Gasteiger partial charge in [0.25, 0.3) is 5.91 Å². The summed E-state index contributed by atoms with van der Waals surface area (Å²) >= 11 is 0. The van der Waals surface area contributed by atoms with E-state index in [2.05, 4.69) is 5.32 Å². The summed E-state index contributed by atoms with van der Waals surface area (Å²) in [6.07, 6.45) is -0.434. The third-order valence-electron chi connectivity index (χ3n) is 5.80. The number of halogens is 1. The number of rotatable bonds is 4. The first-order valence-corrected chi connectivity index (χ1v) is 10.6. The zero-order valence-electron chi connectivity index (χ0n) is 18.1. The first-order valence-electron chi connectivity index (χ1n) is 10.6. The molecule has 3 aromatic carbocycles. The van der Waals surface area contributed by atoms with E-state index in [0.29, 0.717) is 33.5 Å². The number of benzene rings is 3. The van der Waals surface area contributed by atoms with Gasteiger partial charge in [-0.05, 0) is 42.8 Å². The van der Waals surface area contributed by atoms with Crippen molar-refractivity contribution in [1.29, 1.82) is 0 Å². The summed E-state index contributed by atoms with van der Waals surface area (Å²) in [6.45, 7) is 2.19. The second kappa shape index (κ2) is 8.09. The quantitative estimate of drug-likeness (QED) is 0.444. The molecule has 0 unspecified atom stereocenters. The minimum Gasteiger partial charge on any atom is -0.455 e. The molecule has 1 fully saturated rings. The number of hydrogen-bond acceptors (Lipinski definition) is 4. The van der Waals surface area contributed by atoms with Crippen molar-refractivity contribution < 1.29 is 23.1 Å². The Bertz CT molecular complexity index is 1360. The van der Waals surface area contributed by atoms with Crippen LogP contribution in [-0.4, -0.2) is 31.7 Å². The Morgan fingerprint density at radius 3 is 2.42 bits per heavy atom. The molecule has 33 heavy (non-hydrogen) atoms. The number of carbonyl (C=O) groups is 2. The van der Waals surface area contributed by atoms with E-state index in [4.69, 9.17) is 9.15 Å². The lowest BCUT2D eigenvalue weighted by atomic mass is 9.97. The molecule has 1 aliphatic heterocycles. The molecule has 2 heterocycles. The second-order valence-corrected chi connectivity index (χ2v) is 7.92. The highest BCUT2D eigenvalue weighted by atomic mass is 19.1. The van der Waals surface area contributed by atoms with E-state index in [1.165, 1.54) is 12.1 Å². The van der Waals surface area contributed by atoms with Crippen molar-refractivity contribution in [1.82, 2.24) is 5.32 Å². The number of nitrogens with zero attached hydrogens (tertiary/aromatic N) is 1. The van der Waals surface area contributed by atoms with Crippen LogP contribution in [0.1, 0.15) is 17.3 Å². The number of anilines is 1. The first kappa shape index (κ1) is 20.8. The molecule has 1 N–H and O–H groups in total. The summed E-state index contributed by atoms with van der Waals surface area (Å²) < 4.78 is 24.9. The van der Waals surface area contributed by atoms with Gasteiger partial charge < -0.3 is 14.5 Å². The Labute approximate surface area is 189 Å². The summed E-state index contributed by atoms with van der Waals surface area (Å²) in [5.74, 6) is -0.377. The molecular formula is C26H21FN2O4. The van der Waals surface area contributed by atoms with E-state index < -0.39 is 6.09 Å². The van der Waals surface area contributed by atoms with Crippen LogP contribution in [0.3, 0.4) is 0 Å². The average Bonchev–Trinajstić information content (AvgIpc) is 3.37. The minimum absolute atomic E-state index is 0.164. The maximum Gasteiger partial charge on any atom is 0.414 e. The van der Waals surface area contributed by atoms with Crippen molar-refractivity contribution >= 4 is 28.7 Å². The van der Waals surface area contributed by atoms with Gasteiger partial charge in [0, 0.05) is 29.6 Å². The fraction of sp³-hybridized carbons (Fsp3) is 0.154. The molecule has 5 rings (SSSR count). The van der Waals surface area contributed by atoms with Gasteiger partial charge in [-0.15, -0.1) is 0 Å². The molecule has 1 aliphatic rings. The molecule has 0 bridgehead atoms. The monoisotopic (exact) mass is 444 g/mol. The molecule has 7 heteroatoms. The minimum atomic E-state index is -0.434. The number of amides is 2. The first-order chi connectivity index (χ1) is 16.0. The van der Waals surface area contributed by atoms with Crippen LogP contribution in [0, 0.1) is 5.82 Å². The maximum atomic E-state index is 13.5. The van der Waals surface area contributed by atoms with Gasteiger partial charge in [-0.2, -0.15) is 0 Å². The molecule has 1 atom stereocenters. The van der Waals surface area contributed by atoms with Crippen LogP contribution >= 0.6 is 0 Å². The molecule has 6 nitrogen and oxygen atoms in total. The molecule has 0 spiro atoms. The number of nitrogens with one attached hydrogen (secondary N) is 1. The predicted molar refractivity (Wildman–Crippen MR) is 124 cm³/mol. The van der Waals surface area contributed by atoms with E-state index in [9.17, 15) is 14.0 Å². The zero-order valence-corrected chi connectivity index (χ0v) is 18.1. The lowest BCUT2D eigenvalue weighted by Gasteiger charge is -2.22. The molecule has 1 aromatic heterocycles. The van der Waals surface area contributed by atoms with Crippen molar-refractivity contribution in [2.75, 3.05) is 18.6 Å². The van der Waals surface area contributed by atoms with Crippen LogP contribution < -0.4 is 10.2 Å². The molecule has 0 saturated carbocycles. The van der Waals surface area contributed by atoms with Gasteiger partial charge in [0.05, 0.1) is 17.3 Å². The van der Waals surface area contributed by atoms with E-state index in [1.54, 1.807) is 30.1 Å². The highest BCUT2D eigenvalue weighted by Crippen LogP contribution is 2.42. The lowest BCUT2D eigenvalue weighted by molar-refractivity contribution is 0.0964. The van der Waals surface area contributed by atoms with Gasteiger partial charge in [0.15, 0.2) is 0 Å². The van der Waals surface area contributed by atoms with Crippen molar-refractivity contribution in [3.8, 4) is 22.5 Å². The highest BCUT2D eigenvalue weighted by Gasteiger charge is 2.34. The summed E-state index contributed by atoms with van der Waals surface area (Å²) in [7, 11) is 1.55. The predicted octanol–water partition coefficient (Wildman–Crippen LogP) is 5.61. The van der Waals surface area contributed by atoms with Crippen LogP contribution in [0.2, 0.25) is 0 Å². The molecule has 0 aliphatic carbocycles. The van der Waals surface area contributed by atoms with Crippen LogP contribution in [-0.2, 0) is 4.74 Å². The number of fused-ring (bicyclic) bond motifs is 1. The Morgan fingerprint density at radius 1 is 1.06 bits per heavy atom. The number of cyclic esters (lactones) is 1. The lowest BCUT2D eigenvalue weighted by Crippen LogP contribution is -2.31. The Morgan fingerprint density at radius 2 is 1.79 bits per heavy atom. The SMILES string of the molecule is CNC(=O)c1c(-c2ccc(F)cc2)oc2cc(N3C(=O)OC[C@@H]3C)c(-c3ccccc3)cc12. The molecular weight excluding hydrogens is 423 g/mol. The van der Waals surface area contributed by atoms with E-state index in [0.717, 1.165) is 11.1 Å². The van der Waals surface area contributed by atoms with Gasteiger partial charge in [-0.25, -0.2) is 9.18 Å². The van der Waals surface area contributed by atoms with Crippen LogP contribution in [0.25, 0.3) is 33.4 Å². The topological polar surface area (TPSA) is 71.8 Å². The molecule has 2 amide bonds. The summed E-state index contributed by atoms with van der Waals surface area (Å²) in [5.41, 5.74) is 3.64. The zero-order chi connectivity index (χ0) is 23.1. The Hall–Kier alpha value is -4.13. The average molecular weight is 444 g/mol. The van der Waals surface area contributed by atoms with Gasteiger partial charge in [-0.1, -0.05) is 30.3 Å². The van der Waals surface area contributed by atoms with E-state index in [-0.39, 0.29) is 24.4 Å². The Balaban J connectivity index is 1.82. The van der Waals surface area contributed by atoms with Gasteiger partial charge in [-0.3, -0.25) is 9.69 Å². The summed E-state index contributed by atoms with van der Waals surface area (Å²) in [5, 5.41) is 3.26. The Kier molecular flexibility index (Phi) is 5.09. The third-order valence-corrected chi connectivity index (χ3v) is 5.80. The summed E-state index contributed by atoms with van der Waals surface area (Å²) in [6, 6.07) is 18.8. The van der Waals surface area contributed by atoms with E-state index >= 15 is 0 Å². The summed E-state index contributed by atoms with van der Waals surface area (Å²) in [4.78, 5) is 27.1. The van der Waals surface area contributed by atoms with Crippen molar-refractivity contribution in [2.24, 2.45) is 0 Å².